The van der Waals surface area contributed by atoms with Crippen molar-refractivity contribution in [1.29, 1.82) is 0 Å². The lowest BCUT2D eigenvalue weighted by Gasteiger charge is -2.05. The Bertz CT molecular complexity index is 1820. The zero-order chi connectivity index (χ0) is 26.4. The number of anilines is 3. The molecule has 3 heterocycles. The zero-order valence-electron chi connectivity index (χ0n) is 20.7. The highest BCUT2D eigenvalue weighted by molar-refractivity contribution is 6.00. The van der Waals surface area contributed by atoms with E-state index in [2.05, 4.69) is 26.3 Å². The summed E-state index contributed by atoms with van der Waals surface area (Å²) in [6.07, 6.45) is 3.41. The van der Waals surface area contributed by atoms with Crippen LogP contribution in [0.25, 0.3) is 33.3 Å². The maximum atomic E-state index is 11.0. The first-order valence-electron chi connectivity index (χ1n) is 11.9. The Kier molecular flexibility index (Phi) is 5.49. The van der Waals surface area contributed by atoms with Crippen LogP contribution in [0.4, 0.5) is 23.2 Å². The second-order valence-corrected chi connectivity index (χ2v) is 9.20. The van der Waals surface area contributed by atoms with E-state index in [4.69, 9.17) is 10.2 Å². The molecule has 3 aromatic carbocycles. The third kappa shape index (κ3) is 4.17. The number of nitrogens with one attached hydrogen (secondary N) is 1. The van der Waals surface area contributed by atoms with Gasteiger partial charge in [0.15, 0.2) is 5.58 Å². The molecule has 0 atom stereocenters. The molecule has 0 aliphatic heterocycles. The maximum Gasteiger partial charge on any atom is 0.300 e. The first-order valence-corrected chi connectivity index (χ1v) is 11.9. The molecule has 3 N–H and O–H groups in total. The van der Waals surface area contributed by atoms with Crippen LogP contribution in [0.2, 0.25) is 0 Å². The molecular weight excluding hydrogens is 482 g/mol. The van der Waals surface area contributed by atoms with E-state index in [9.17, 15) is 10.1 Å². The molecule has 0 unspecified atom stereocenters. The van der Waals surface area contributed by atoms with Crippen LogP contribution in [0.1, 0.15) is 16.7 Å². The van der Waals surface area contributed by atoms with Gasteiger partial charge in [0.1, 0.15) is 23.3 Å². The molecule has 0 aliphatic rings. The number of nitrogens with zero attached hydrogens (tertiary/aromatic N) is 5. The van der Waals surface area contributed by atoms with Crippen molar-refractivity contribution in [3.8, 4) is 11.1 Å². The van der Waals surface area contributed by atoms with Crippen molar-refractivity contribution >= 4 is 45.3 Å². The van der Waals surface area contributed by atoms with Gasteiger partial charge in [0.25, 0.3) is 11.7 Å². The zero-order valence-corrected chi connectivity index (χ0v) is 20.7. The predicted molar refractivity (Wildman–Crippen MR) is 146 cm³/mol. The molecule has 0 bridgehead atoms. The van der Waals surface area contributed by atoms with E-state index in [-0.39, 0.29) is 5.69 Å². The van der Waals surface area contributed by atoms with Gasteiger partial charge in [0, 0.05) is 36.1 Å². The number of aryl methyl sites for hydroxylation is 2. The summed E-state index contributed by atoms with van der Waals surface area (Å²) >= 11 is 0. The number of nitrogen functional groups attached to an aromatic ring is 1. The average Bonchev–Trinajstić information content (AvgIpc) is 3.47. The molecule has 0 aliphatic carbocycles. The smallest absolute Gasteiger partial charge is 0.300 e. The number of nitrogens with two attached hydrogens (primary N) is 1. The van der Waals surface area contributed by atoms with Gasteiger partial charge in [-0.25, -0.2) is 9.97 Å². The van der Waals surface area contributed by atoms with Crippen molar-refractivity contribution in [2.45, 2.75) is 20.4 Å². The van der Waals surface area contributed by atoms with Gasteiger partial charge in [0.2, 0.25) is 0 Å². The van der Waals surface area contributed by atoms with E-state index < -0.39 is 4.92 Å². The third-order valence-electron chi connectivity index (χ3n) is 6.45. The summed E-state index contributed by atoms with van der Waals surface area (Å²) in [6, 6.07) is 18.8. The molecule has 6 aromatic rings. The molecule has 6 rings (SSSR count). The van der Waals surface area contributed by atoms with Gasteiger partial charge in [-0.1, -0.05) is 30.3 Å². The standard InChI is InChI=1S/C28H23N7O3/c1-16-11-17(2)25-23(12-16)33-28(38-25)32-20-7-5-19(6-8-20)22-14-34(27-24(22)26(29)30-15-31-27)13-18-3-9-21(10-4-18)35(36)37/h3-12,14-15H,13H2,1-2H3,(H,32,33)(H2,29,30,31). The molecule has 0 fully saturated rings. The van der Waals surface area contributed by atoms with Gasteiger partial charge in [-0.2, -0.15) is 4.98 Å². The molecular formula is C28H23N7O3. The van der Waals surface area contributed by atoms with Crippen molar-refractivity contribution in [2.24, 2.45) is 0 Å². The van der Waals surface area contributed by atoms with Gasteiger partial charge in [0.05, 0.1) is 10.3 Å². The van der Waals surface area contributed by atoms with Gasteiger partial charge in [-0.05, 0) is 54.3 Å². The minimum Gasteiger partial charge on any atom is -0.423 e. The highest BCUT2D eigenvalue weighted by atomic mass is 16.6. The van der Waals surface area contributed by atoms with E-state index >= 15 is 0 Å². The Balaban J connectivity index is 1.31. The quantitative estimate of drug-likeness (QED) is 0.203. The van der Waals surface area contributed by atoms with Gasteiger partial charge < -0.3 is 20.0 Å². The summed E-state index contributed by atoms with van der Waals surface area (Å²) in [5.41, 5.74) is 14.3. The lowest BCUT2D eigenvalue weighted by molar-refractivity contribution is -0.384. The summed E-state index contributed by atoms with van der Waals surface area (Å²) in [7, 11) is 0. The first kappa shape index (κ1) is 23.2. The Morgan fingerprint density at radius 2 is 1.82 bits per heavy atom. The molecule has 10 heteroatoms. The van der Waals surface area contributed by atoms with Gasteiger partial charge in [-0.15, -0.1) is 0 Å². The first-order chi connectivity index (χ1) is 18.4. The van der Waals surface area contributed by atoms with Crippen LogP contribution >= 0.6 is 0 Å². The number of benzene rings is 3. The van der Waals surface area contributed by atoms with Crippen molar-refractivity contribution in [3.63, 3.8) is 0 Å². The summed E-state index contributed by atoms with van der Waals surface area (Å²) in [5.74, 6) is 0.381. The summed E-state index contributed by atoms with van der Waals surface area (Å²) in [4.78, 5) is 23.8. The van der Waals surface area contributed by atoms with E-state index in [1.165, 1.54) is 18.5 Å². The molecule has 0 amide bonds. The van der Waals surface area contributed by atoms with Gasteiger partial charge in [-0.3, -0.25) is 10.1 Å². The largest absolute Gasteiger partial charge is 0.423 e. The Labute approximate surface area is 216 Å². The minimum absolute atomic E-state index is 0.0511. The fourth-order valence-corrected chi connectivity index (χ4v) is 4.69. The second-order valence-electron chi connectivity index (χ2n) is 9.20. The molecule has 38 heavy (non-hydrogen) atoms. The second kappa shape index (κ2) is 9.00. The van der Waals surface area contributed by atoms with Crippen molar-refractivity contribution < 1.29 is 9.34 Å². The van der Waals surface area contributed by atoms with Gasteiger partial charge >= 0.3 is 0 Å². The Morgan fingerprint density at radius 1 is 1.05 bits per heavy atom. The Morgan fingerprint density at radius 3 is 2.55 bits per heavy atom. The lowest BCUT2D eigenvalue weighted by atomic mass is 10.1. The van der Waals surface area contributed by atoms with Crippen molar-refractivity contribution in [2.75, 3.05) is 11.1 Å². The average molecular weight is 506 g/mol. The van der Waals surface area contributed by atoms with Crippen LogP contribution in [0.3, 0.4) is 0 Å². The molecule has 0 spiro atoms. The van der Waals surface area contributed by atoms with Crippen molar-refractivity contribution in [3.05, 3.63) is 100.0 Å². The highest BCUT2D eigenvalue weighted by Crippen LogP contribution is 2.34. The molecule has 10 nitrogen and oxygen atoms in total. The monoisotopic (exact) mass is 505 g/mol. The minimum atomic E-state index is -0.411. The number of nitro groups is 1. The van der Waals surface area contributed by atoms with Crippen LogP contribution in [-0.2, 0) is 6.54 Å². The van der Waals surface area contributed by atoms with Crippen LogP contribution in [0.15, 0.2) is 77.6 Å². The fraction of sp³-hybridized carbons (Fsp3) is 0.107. The number of hydrogen-bond acceptors (Lipinski definition) is 8. The third-order valence-corrected chi connectivity index (χ3v) is 6.45. The number of aromatic nitrogens is 4. The molecule has 188 valence electrons. The summed E-state index contributed by atoms with van der Waals surface area (Å²) in [6.45, 7) is 4.52. The maximum absolute atomic E-state index is 11.0. The number of rotatable bonds is 6. The number of nitro benzene ring substituents is 1. The predicted octanol–water partition coefficient (Wildman–Crippen LogP) is 6.14. The van der Waals surface area contributed by atoms with Crippen LogP contribution in [0, 0.1) is 24.0 Å². The van der Waals surface area contributed by atoms with E-state index in [1.807, 2.05) is 54.9 Å². The van der Waals surface area contributed by atoms with Crippen LogP contribution in [0.5, 0.6) is 0 Å². The summed E-state index contributed by atoms with van der Waals surface area (Å²) < 4.78 is 7.90. The SMILES string of the molecule is Cc1cc(C)c2oc(Nc3ccc(-c4cn(Cc5ccc([N+](=O)[O-])cc5)c5ncnc(N)c45)cc3)nc2c1. The van der Waals surface area contributed by atoms with Crippen LogP contribution in [-0.4, -0.2) is 24.4 Å². The van der Waals surface area contributed by atoms with E-state index in [0.717, 1.165) is 50.0 Å². The van der Waals surface area contributed by atoms with Crippen LogP contribution < -0.4 is 11.1 Å². The number of non-ortho nitro benzene ring substituents is 1. The summed E-state index contributed by atoms with van der Waals surface area (Å²) in [5, 5.41) is 15.0. The molecule has 3 aromatic heterocycles. The van der Waals surface area contributed by atoms with E-state index in [1.54, 1.807) is 12.1 Å². The highest BCUT2D eigenvalue weighted by Gasteiger charge is 2.16. The topological polar surface area (TPSA) is 138 Å². The van der Waals surface area contributed by atoms with Crippen molar-refractivity contribution in [1.82, 2.24) is 19.5 Å². The normalized spacial score (nSPS) is 11.3. The number of fused-ring (bicyclic) bond motifs is 2. The molecule has 0 saturated heterocycles. The molecule has 0 radical (unpaired) electrons. The number of hydrogen-bond donors (Lipinski definition) is 2. The Hall–Kier alpha value is -5.25. The molecule has 0 saturated carbocycles. The van der Waals surface area contributed by atoms with E-state index in [0.29, 0.717) is 24.0 Å². The number of oxazole rings is 1. The fourth-order valence-electron chi connectivity index (χ4n) is 4.69. The lowest BCUT2D eigenvalue weighted by Crippen LogP contribution is -2.00.